The zero-order chi connectivity index (χ0) is 18.7. The fourth-order valence-electron chi connectivity index (χ4n) is 3.17. The Hall–Kier alpha value is -2.63. The highest BCUT2D eigenvalue weighted by atomic mass is 16.2. The van der Waals surface area contributed by atoms with Gasteiger partial charge in [0, 0.05) is 18.8 Å². The van der Waals surface area contributed by atoms with Gasteiger partial charge in [0.15, 0.2) is 5.82 Å². The maximum Gasteiger partial charge on any atom is 0.291 e. The minimum atomic E-state index is -0.273. The third kappa shape index (κ3) is 3.79. The lowest BCUT2D eigenvalue weighted by Crippen LogP contribution is -2.29. The molecule has 0 aliphatic carbocycles. The average molecular weight is 354 g/mol. The van der Waals surface area contributed by atoms with Gasteiger partial charge in [0.25, 0.3) is 11.8 Å². The second-order valence-corrected chi connectivity index (χ2v) is 7.21. The third-order valence-corrected chi connectivity index (χ3v) is 4.60. The molecule has 2 amide bonds. The van der Waals surface area contributed by atoms with E-state index < -0.39 is 0 Å². The van der Waals surface area contributed by atoms with Gasteiger partial charge in [0.05, 0.1) is 5.69 Å². The molecule has 0 bridgehead atoms. The molecule has 1 aliphatic rings. The Balaban J connectivity index is 1.88. The highest BCUT2D eigenvalue weighted by Gasteiger charge is 2.27. The van der Waals surface area contributed by atoms with Crippen LogP contribution in [0, 0.1) is 12.8 Å². The summed E-state index contributed by atoms with van der Waals surface area (Å²) >= 11 is 0. The Morgan fingerprint density at radius 2 is 1.96 bits per heavy atom. The second-order valence-electron chi connectivity index (χ2n) is 7.21. The first-order chi connectivity index (χ1) is 12.5. The van der Waals surface area contributed by atoms with Crippen LogP contribution in [-0.4, -0.2) is 27.9 Å². The van der Waals surface area contributed by atoms with Gasteiger partial charge in [-0.15, -0.1) is 0 Å². The average Bonchev–Trinajstić information content (AvgIpc) is 3.01. The molecule has 1 aromatic heterocycles. The molecule has 0 saturated carbocycles. The number of nitrogens with zero attached hydrogens (tertiary/aromatic N) is 2. The van der Waals surface area contributed by atoms with E-state index in [-0.39, 0.29) is 11.8 Å². The summed E-state index contributed by atoms with van der Waals surface area (Å²) in [6, 6.07) is 7.62. The largest absolute Gasteiger partial charge is 0.350 e. The third-order valence-electron chi connectivity index (χ3n) is 4.60. The summed E-state index contributed by atoms with van der Waals surface area (Å²) in [6.45, 7) is 7.35. The number of anilines is 1. The van der Waals surface area contributed by atoms with Gasteiger partial charge in [0.2, 0.25) is 0 Å². The Morgan fingerprint density at radius 1 is 1.19 bits per heavy atom. The number of carbonyl (C=O) groups is 2. The van der Waals surface area contributed by atoms with Crippen LogP contribution in [0.4, 0.5) is 5.69 Å². The smallest absolute Gasteiger partial charge is 0.291 e. The monoisotopic (exact) mass is 354 g/mol. The predicted octanol–water partition coefficient (Wildman–Crippen LogP) is 3.17. The minimum Gasteiger partial charge on any atom is -0.350 e. The van der Waals surface area contributed by atoms with Crippen LogP contribution in [-0.2, 0) is 13.0 Å². The van der Waals surface area contributed by atoms with E-state index >= 15 is 0 Å². The van der Waals surface area contributed by atoms with Crippen LogP contribution in [0.5, 0.6) is 0 Å². The summed E-state index contributed by atoms with van der Waals surface area (Å²) < 4.78 is 1.90. The topological polar surface area (TPSA) is 76.0 Å². The first-order valence-electron chi connectivity index (χ1n) is 9.22. The van der Waals surface area contributed by atoms with Crippen LogP contribution in [0.25, 0.3) is 0 Å². The van der Waals surface area contributed by atoms with Crippen LogP contribution >= 0.6 is 0 Å². The first kappa shape index (κ1) is 18.2. The lowest BCUT2D eigenvalue weighted by molar-refractivity contribution is 0.0943. The Labute approximate surface area is 154 Å². The molecule has 2 N–H and O–H groups in total. The lowest BCUT2D eigenvalue weighted by Gasteiger charge is -2.17. The molecular formula is C20H26N4O2. The Bertz CT molecular complexity index is 823. The van der Waals surface area contributed by atoms with E-state index in [1.807, 2.05) is 49.6 Å². The van der Waals surface area contributed by atoms with Crippen molar-refractivity contribution in [1.29, 1.82) is 0 Å². The molecule has 2 heterocycles. The van der Waals surface area contributed by atoms with Crippen LogP contribution in [0.3, 0.4) is 0 Å². The van der Waals surface area contributed by atoms with Gasteiger partial charge in [-0.1, -0.05) is 32.0 Å². The van der Waals surface area contributed by atoms with Crippen molar-refractivity contribution in [3.8, 4) is 0 Å². The number of amides is 2. The molecule has 3 rings (SSSR count). The van der Waals surface area contributed by atoms with Crippen molar-refractivity contribution in [2.45, 2.75) is 46.6 Å². The molecule has 0 unspecified atom stereocenters. The first-order valence-corrected chi connectivity index (χ1v) is 9.22. The molecule has 0 fully saturated rings. The SMILES string of the molecule is Cc1ccccc1NC(=O)c1nc(C(=O)NCC(C)C)c2n1CCCC2. The van der Waals surface area contributed by atoms with Gasteiger partial charge < -0.3 is 15.2 Å². The van der Waals surface area contributed by atoms with Crippen LogP contribution in [0.1, 0.15) is 59.1 Å². The van der Waals surface area contributed by atoms with Crippen LogP contribution < -0.4 is 10.6 Å². The molecule has 0 saturated heterocycles. The van der Waals surface area contributed by atoms with E-state index in [2.05, 4.69) is 15.6 Å². The fourth-order valence-corrected chi connectivity index (χ4v) is 3.17. The zero-order valence-corrected chi connectivity index (χ0v) is 15.6. The number of hydrogen-bond donors (Lipinski definition) is 2. The number of para-hydroxylation sites is 1. The predicted molar refractivity (Wildman–Crippen MR) is 101 cm³/mol. The fraction of sp³-hybridized carbons (Fsp3) is 0.450. The number of fused-ring (bicyclic) bond motifs is 1. The van der Waals surface area contributed by atoms with Crippen molar-refractivity contribution < 1.29 is 9.59 Å². The summed E-state index contributed by atoms with van der Waals surface area (Å²) in [4.78, 5) is 29.8. The highest BCUT2D eigenvalue weighted by molar-refractivity contribution is 6.04. The van der Waals surface area contributed by atoms with Gasteiger partial charge >= 0.3 is 0 Å². The standard InChI is InChI=1S/C20H26N4O2/c1-13(2)12-21-19(25)17-16-10-6-7-11-24(16)18(23-17)20(26)22-15-9-5-4-8-14(15)3/h4-5,8-9,13H,6-7,10-12H2,1-3H3,(H,21,25)(H,22,26). The Kier molecular flexibility index (Phi) is 5.40. The number of carbonyl (C=O) groups excluding carboxylic acids is 2. The lowest BCUT2D eigenvalue weighted by atomic mass is 10.1. The van der Waals surface area contributed by atoms with Gasteiger partial charge in [0.1, 0.15) is 5.69 Å². The number of nitrogens with one attached hydrogen (secondary N) is 2. The molecule has 1 aliphatic heterocycles. The summed E-state index contributed by atoms with van der Waals surface area (Å²) in [5, 5.41) is 5.84. The van der Waals surface area contributed by atoms with Gasteiger partial charge in [-0.25, -0.2) is 4.98 Å². The maximum absolute atomic E-state index is 12.8. The van der Waals surface area contributed by atoms with Crippen molar-refractivity contribution in [1.82, 2.24) is 14.9 Å². The number of aryl methyl sites for hydroxylation is 1. The molecule has 0 atom stereocenters. The van der Waals surface area contributed by atoms with Crippen LogP contribution in [0.2, 0.25) is 0 Å². The quantitative estimate of drug-likeness (QED) is 0.866. The number of benzene rings is 1. The van der Waals surface area contributed by atoms with E-state index in [9.17, 15) is 9.59 Å². The summed E-state index contributed by atoms with van der Waals surface area (Å²) in [7, 11) is 0. The van der Waals surface area contributed by atoms with E-state index in [1.165, 1.54) is 0 Å². The van der Waals surface area contributed by atoms with Gasteiger partial charge in [-0.05, 0) is 43.7 Å². The summed E-state index contributed by atoms with van der Waals surface area (Å²) in [5.74, 6) is 0.212. The highest BCUT2D eigenvalue weighted by Crippen LogP contribution is 2.22. The van der Waals surface area contributed by atoms with E-state index in [0.29, 0.717) is 24.0 Å². The molecule has 0 spiro atoms. The van der Waals surface area contributed by atoms with Crippen molar-refractivity contribution in [3.05, 3.63) is 47.0 Å². The van der Waals surface area contributed by atoms with Crippen LogP contribution in [0.15, 0.2) is 24.3 Å². The molecule has 26 heavy (non-hydrogen) atoms. The van der Waals surface area contributed by atoms with E-state index in [4.69, 9.17) is 0 Å². The number of rotatable bonds is 5. The molecule has 6 heteroatoms. The normalized spacial score (nSPS) is 13.4. The van der Waals surface area contributed by atoms with Gasteiger partial charge in [-0.2, -0.15) is 0 Å². The van der Waals surface area contributed by atoms with E-state index in [0.717, 1.165) is 42.8 Å². The number of aromatic nitrogens is 2. The second kappa shape index (κ2) is 7.72. The Morgan fingerprint density at radius 3 is 2.69 bits per heavy atom. The van der Waals surface area contributed by atoms with Gasteiger partial charge in [-0.3, -0.25) is 9.59 Å². The molecule has 0 radical (unpaired) electrons. The van der Waals surface area contributed by atoms with Crippen molar-refractivity contribution in [2.24, 2.45) is 5.92 Å². The van der Waals surface area contributed by atoms with Crippen molar-refractivity contribution >= 4 is 17.5 Å². The zero-order valence-electron chi connectivity index (χ0n) is 15.6. The molecule has 6 nitrogen and oxygen atoms in total. The number of imidazole rings is 1. The number of hydrogen-bond acceptors (Lipinski definition) is 3. The molecular weight excluding hydrogens is 328 g/mol. The van der Waals surface area contributed by atoms with E-state index in [1.54, 1.807) is 0 Å². The van der Waals surface area contributed by atoms with Crippen molar-refractivity contribution in [2.75, 3.05) is 11.9 Å². The molecule has 2 aromatic rings. The van der Waals surface area contributed by atoms with Crippen molar-refractivity contribution in [3.63, 3.8) is 0 Å². The summed E-state index contributed by atoms with van der Waals surface area (Å²) in [5.41, 5.74) is 3.00. The summed E-state index contributed by atoms with van der Waals surface area (Å²) in [6.07, 6.45) is 2.77. The minimum absolute atomic E-state index is 0.195. The maximum atomic E-state index is 12.8. The molecule has 138 valence electrons. The molecule has 1 aromatic carbocycles.